The first-order chi connectivity index (χ1) is 12.6. The molecule has 1 heterocycles. The van der Waals surface area contributed by atoms with Crippen LogP contribution >= 0.6 is 0 Å². The van der Waals surface area contributed by atoms with Crippen molar-refractivity contribution in [3.05, 3.63) is 65.0 Å². The van der Waals surface area contributed by atoms with Crippen LogP contribution in [-0.2, 0) is 16.0 Å². The largest absolute Gasteiger partial charge is 0.494 e. The lowest BCUT2D eigenvalue weighted by Crippen LogP contribution is -2.31. The van der Waals surface area contributed by atoms with Crippen LogP contribution in [0.5, 0.6) is 5.75 Å². The molecule has 0 spiro atoms. The third-order valence-corrected chi connectivity index (χ3v) is 4.50. The number of carbonyl (C=O) groups is 1. The molecule has 2 aromatic carbocycles. The van der Waals surface area contributed by atoms with Crippen molar-refractivity contribution in [2.24, 2.45) is 0 Å². The minimum Gasteiger partial charge on any atom is -0.494 e. The number of hydrogen-bond acceptors (Lipinski definition) is 4. The average Bonchev–Trinajstić information content (AvgIpc) is 2.64. The second kappa shape index (κ2) is 8.43. The normalized spacial score (nSPS) is 20.2. The zero-order valence-corrected chi connectivity index (χ0v) is 14.8. The van der Waals surface area contributed by atoms with Gasteiger partial charge in [-0.2, -0.15) is 0 Å². The topological polar surface area (TPSA) is 55.8 Å². The van der Waals surface area contributed by atoms with Crippen molar-refractivity contribution < 1.29 is 23.8 Å². The van der Waals surface area contributed by atoms with E-state index >= 15 is 0 Å². The third-order valence-electron chi connectivity index (χ3n) is 4.50. The van der Waals surface area contributed by atoms with Gasteiger partial charge >= 0.3 is 0 Å². The van der Waals surface area contributed by atoms with E-state index in [2.05, 4.69) is 0 Å². The Morgan fingerprint density at radius 2 is 1.96 bits per heavy atom. The molecule has 1 aliphatic heterocycles. The number of aliphatic hydroxyl groups excluding tert-OH is 1. The van der Waals surface area contributed by atoms with Crippen LogP contribution in [0, 0.1) is 5.82 Å². The minimum absolute atomic E-state index is 0.0534. The number of benzene rings is 2. The molecule has 1 saturated heterocycles. The number of halogens is 1. The smallest absolute Gasteiger partial charge is 0.138 e. The molecular weight excluding hydrogens is 335 g/mol. The van der Waals surface area contributed by atoms with E-state index in [1.807, 2.05) is 31.2 Å². The minimum atomic E-state index is -0.485. The van der Waals surface area contributed by atoms with Crippen molar-refractivity contribution in [2.45, 2.75) is 38.4 Å². The molecule has 3 rings (SSSR count). The molecule has 5 heteroatoms. The van der Waals surface area contributed by atoms with Crippen molar-refractivity contribution in [1.82, 2.24) is 0 Å². The predicted octanol–water partition coefficient (Wildman–Crippen LogP) is 3.60. The van der Waals surface area contributed by atoms with Crippen molar-refractivity contribution in [1.29, 1.82) is 0 Å². The van der Waals surface area contributed by atoms with Crippen LogP contribution in [0.15, 0.2) is 42.5 Å². The van der Waals surface area contributed by atoms with E-state index in [9.17, 15) is 14.3 Å². The van der Waals surface area contributed by atoms with E-state index in [4.69, 9.17) is 9.47 Å². The lowest BCUT2D eigenvalue weighted by molar-refractivity contribution is -0.139. The fourth-order valence-electron chi connectivity index (χ4n) is 3.20. The van der Waals surface area contributed by atoms with Crippen LogP contribution in [0.4, 0.5) is 4.39 Å². The molecule has 0 radical (unpaired) electrons. The molecule has 0 saturated carbocycles. The lowest BCUT2D eigenvalue weighted by atomic mass is 9.94. The Labute approximate surface area is 152 Å². The first kappa shape index (κ1) is 18.5. The summed E-state index contributed by atoms with van der Waals surface area (Å²) < 4.78 is 25.5. The van der Waals surface area contributed by atoms with E-state index < -0.39 is 12.2 Å². The van der Waals surface area contributed by atoms with Crippen molar-refractivity contribution >= 4 is 5.78 Å². The van der Waals surface area contributed by atoms with E-state index in [1.165, 1.54) is 6.07 Å². The molecule has 26 heavy (non-hydrogen) atoms. The van der Waals surface area contributed by atoms with Crippen molar-refractivity contribution in [3.8, 4) is 5.75 Å². The average molecular weight is 358 g/mol. The summed E-state index contributed by atoms with van der Waals surface area (Å²) in [6.07, 6.45) is 0.00236. The highest BCUT2D eigenvalue weighted by Crippen LogP contribution is 2.31. The van der Waals surface area contributed by atoms with Gasteiger partial charge in [-0.1, -0.05) is 18.2 Å². The fourth-order valence-corrected chi connectivity index (χ4v) is 3.20. The molecule has 0 aliphatic carbocycles. The van der Waals surface area contributed by atoms with Gasteiger partial charge in [0.2, 0.25) is 0 Å². The van der Waals surface area contributed by atoms with E-state index in [-0.39, 0.29) is 31.0 Å². The monoisotopic (exact) mass is 358 g/mol. The Morgan fingerprint density at radius 1 is 1.19 bits per heavy atom. The first-order valence-electron chi connectivity index (χ1n) is 8.87. The van der Waals surface area contributed by atoms with Gasteiger partial charge in [0.1, 0.15) is 17.3 Å². The van der Waals surface area contributed by atoms with Crippen LogP contribution in [0.2, 0.25) is 0 Å². The zero-order chi connectivity index (χ0) is 18.5. The highest BCUT2D eigenvalue weighted by atomic mass is 19.1. The summed E-state index contributed by atoms with van der Waals surface area (Å²) in [5.74, 6) is 0.552. The van der Waals surface area contributed by atoms with Gasteiger partial charge in [-0.25, -0.2) is 4.39 Å². The fraction of sp³-hybridized carbons (Fsp3) is 0.381. The summed E-state index contributed by atoms with van der Waals surface area (Å²) in [7, 11) is 0. The molecule has 1 aliphatic rings. The van der Waals surface area contributed by atoms with Crippen molar-refractivity contribution in [3.63, 3.8) is 0 Å². The lowest BCUT2D eigenvalue weighted by Gasteiger charge is -2.28. The summed E-state index contributed by atoms with van der Waals surface area (Å²) >= 11 is 0. The Kier molecular flexibility index (Phi) is 6.01. The molecule has 2 aromatic rings. The molecule has 1 N–H and O–H groups in total. The number of aliphatic hydroxyl groups is 1. The van der Waals surface area contributed by atoms with Crippen LogP contribution in [0.25, 0.3) is 0 Å². The quantitative estimate of drug-likeness (QED) is 0.857. The van der Waals surface area contributed by atoms with Gasteiger partial charge in [-0.15, -0.1) is 0 Å². The maximum atomic E-state index is 14.3. The molecule has 4 nitrogen and oxygen atoms in total. The number of ketones is 1. The Bertz CT molecular complexity index is 757. The van der Waals surface area contributed by atoms with Gasteiger partial charge in [-0.3, -0.25) is 4.79 Å². The summed E-state index contributed by atoms with van der Waals surface area (Å²) in [5, 5.41) is 9.28. The Balaban J connectivity index is 1.78. The van der Waals surface area contributed by atoms with Crippen LogP contribution in [0.1, 0.15) is 42.6 Å². The van der Waals surface area contributed by atoms with Gasteiger partial charge in [-0.05, 0) is 47.9 Å². The van der Waals surface area contributed by atoms with Gasteiger partial charge in [0.05, 0.1) is 25.4 Å². The number of rotatable bonds is 6. The Morgan fingerprint density at radius 3 is 2.65 bits per heavy atom. The van der Waals surface area contributed by atoms with E-state index in [1.54, 1.807) is 12.1 Å². The molecule has 0 bridgehead atoms. The maximum Gasteiger partial charge on any atom is 0.138 e. The Hall–Kier alpha value is -2.24. The molecule has 0 unspecified atom stereocenters. The number of carbonyl (C=O) groups excluding carboxylic acids is 1. The standard InChI is InChI=1S/C21H23FO4/c1-2-25-18-6-3-14(4-7-18)9-16-10-15(5-8-20(16)22)21-12-17(24)11-19(13-23)26-21/h3-8,10,19,21,23H,2,9,11-13H2,1H3/t19-,21+/m0/s1. The van der Waals surface area contributed by atoms with Gasteiger partial charge in [0, 0.05) is 19.3 Å². The van der Waals surface area contributed by atoms with Gasteiger partial charge < -0.3 is 14.6 Å². The highest BCUT2D eigenvalue weighted by Gasteiger charge is 2.28. The number of hydrogen-bond donors (Lipinski definition) is 1. The summed E-state index contributed by atoms with van der Waals surface area (Å²) in [6.45, 7) is 2.33. The molecule has 1 fully saturated rings. The number of Topliss-reactive ketones (excluding diaryl/α,β-unsaturated/α-hetero) is 1. The van der Waals surface area contributed by atoms with E-state index in [0.717, 1.165) is 16.9 Å². The molecule has 138 valence electrons. The molecule has 2 atom stereocenters. The molecular formula is C21H23FO4. The zero-order valence-electron chi connectivity index (χ0n) is 14.8. The highest BCUT2D eigenvalue weighted by molar-refractivity contribution is 5.80. The maximum absolute atomic E-state index is 14.3. The molecule has 0 aromatic heterocycles. The molecule has 0 amide bonds. The van der Waals surface area contributed by atoms with E-state index in [0.29, 0.717) is 18.6 Å². The van der Waals surface area contributed by atoms with Crippen LogP contribution in [-0.4, -0.2) is 30.2 Å². The van der Waals surface area contributed by atoms with Crippen molar-refractivity contribution in [2.75, 3.05) is 13.2 Å². The number of ether oxygens (including phenoxy) is 2. The summed E-state index contributed by atoms with van der Waals surface area (Å²) in [6, 6.07) is 12.4. The van der Waals surface area contributed by atoms with Crippen LogP contribution in [0.3, 0.4) is 0 Å². The second-order valence-corrected chi connectivity index (χ2v) is 6.48. The third kappa shape index (κ3) is 4.48. The predicted molar refractivity (Wildman–Crippen MR) is 95.8 cm³/mol. The van der Waals surface area contributed by atoms with Gasteiger partial charge in [0.25, 0.3) is 0 Å². The SMILES string of the molecule is CCOc1ccc(Cc2cc([C@H]3CC(=O)C[C@@H](CO)O3)ccc2F)cc1. The second-order valence-electron chi connectivity index (χ2n) is 6.48. The van der Waals surface area contributed by atoms with Gasteiger partial charge in [0.15, 0.2) is 0 Å². The van der Waals surface area contributed by atoms with Crippen LogP contribution < -0.4 is 4.74 Å². The first-order valence-corrected chi connectivity index (χ1v) is 8.87. The summed E-state index contributed by atoms with van der Waals surface area (Å²) in [5.41, 5.74) is 2.28. The summed E-state index contributed by atoms with van der Waals surface area (Å²) in [4.78, 5) is 11.9.